The van der Waals surface area contributed by atoms with Crippen molar-refractivity contribution < 1.29 is 4.52 Å². The summed E-state index contributed by atoms with van der Waals surface area (Å²) in [5, 5.41) is 3.89. The first-order valence-electron chi connectivity index (χ1n) is 4.97. The summed E-state index contributed by atoms with van der Waals surface area (Å²) >= 11 is 0. The van der Waals surface area contributed by atoms with Crippen LogP contribution in [-0.2, 0) is 6.42 Å². The van der Waals surface area contributed by atoms with Crippen molar-refractivity contribution >= 4 is 5.88 Å². The van der Waals surface area contributed by atoms with Gasteiger partial charge in [-0.25, -0.2) is 0 Å². The van der Waals surface area contributed by atoms with E-state index in [0.29, 0.717) is 5.88 Å². The molecule has 0 aliphatic rings. The lowest BCUT2D eigenvalue weighted by atomic mass is 9.95. The van der Waals surface area contributed by atoms with Crippen molar-refractivity contribution in [2.45, 2.75) is 39.5 Å². The summed E-state index contributed by atoms with van der Waals surface area (Å²) in [7, 11) is 0. The van der Waals surface area contributed by atoms with E-state index in [9.17, 15) is 0 Å². The molecule has 0 amide bonds. The van der Waals surface area contributed by atoms with Gasteiger partial charge < -0.3 is 10.3 Å². The molecule has 0 saturated heterocycles. The van der Waals surface area contributed by atoms with Gasteiger partial charge in [-0.05, 0) is 12.3 Å². The molecular weight excluding hydrogens is 164 g/mol. The minimum absolute atomic E-state index is 0.418. The normalized spacial score (nSPS) is 13.1. The van der Waals surface area contributed by atoms with E-state index in [1.807, 2.05) is 6.07 Å². The standard InChI is InChI=1S/C10H18N2O/c1-3-5-8(4-2)6-9-7-10(11)13-12-9/h7-8H,3-6,11H2,1-2H3. The van der Waals surface area contributed by atoms with Crippen LogP contribution in [0.1, 0.15) is 38.8 Å². The summed E-state index contributed by atoms with van der Waals surface area (Å²) in [6.45, 7) is 4.42. The highest BCUT2D eigenvalue weighted by molar-refractivity contribution is 5.24. The summed E-state index contributed by atoms with van der Waals surface area (Å²) in [5.74, 6) is 1.14. The number of hydrogen-bond donors (Lipinski definition) is 1. The largest absolute Gasteiger partial charge is 0.368 e. The number of nitrogens with two attached hydrogens (primary N) is 1. The fourth-order valence-electron chi connectivity index (χ4n) is 1.58. The SMILES string of the molecule is CCCC(CC)Cc1cc(N)on1. The summed E-state index contributed by atoms with van der Waals surface area (Å²) in [6, 6.07) is 1.82. The number of nitrogen functional groups attached to an aromatic ring is 1. The molecule has 13 heavy (non-hydrogen) atoms. The van der Waals surface area contributed by atoms with E-state index in [1.165, 1.54) is 19.3 Å². The van der Waals surface area contributed by atoms with E-state index in [1.54, 1.807) is 0 Å². The molecule has 1 rings (SSSR count). The minimum atomic E-state index is 0.418. The Balaban J connectivity index is 2.46. The number of hydrogen-bond acceptors (Lipinski definition) is 3. The van der Waals surface area contributed by atoms with Crippen LogP contribution in [0.2, 0.25) is 0 Å². The number of anilines is 1. The Morgan fingerprint density at radius 1 is 1.54 bits per heavy atom. The Hall–Kier alpha value is -0.990. The summed E-state index contributed by atoms with van der Waals surface area (Å²) < 4.78 is 4.82. The molecule has 0 fully saturated rings. The summed E-state index contributed by atoms with van der Waals surface area (Å²) in [4.78, 5) is 0. The van der Waals surface area contributed by atoms with Gasteiger partial charge in [0.2, 0.25) is 5.88 Å². The maximum absolute atomic E-state index is 5.44. The van der Waals surface area contributed by atoms with Gasteiger partial charge in [0, 0.05) is 6.07 Å². The lowest BCUT2D eigenvalue weighted by Gasteiger charge is -2.10. The Bertz CT molecular complexity index is 245. The molecule has 0 radical (unpaired) electrons. The van der Waals surface area contributed by atoms with Crippen LogP contribution in [0.4, 0.5) is 5.88 Å². The first kappa shape index (κ1) is 10.1. The van der Waals surface area contributed by atoms with E-state index < -0.39 is 0 Å². The fourth-order valence-corrected chi connectivity index (χ4v) is 1.58. The Labute approximate surface area is 79.3 Å². The van der Waals surface area contributed by atoms with E-state index >= 15 is 0 Å². The van der Waals surface area contributed by atoms with Crippen LogP contribution < -0.4 is 5.73 Å². The molecule has 74 valence electrons. The first-order valence-corrected chi connectivity index (χ1v) is 4.97. The molecule has 2 N–H and O–H groups in total. The average molecular weight is 182 g/mol. The van der Waals surface area contributed by atoms with Gasteiger partial charge in [-0.3, -0.25) is 0 Å². The molecule has 1 atom stereocenters. The van der Waals surface area contributed by atoms with Crippen molar-refractivity contribution in [1.29, 1.82) is 0 Å². The van der Waals surface area contributed by atoms with Crippen LogP contribution in [0.3, 0.4) is 0 Å². The van der Waals surface area contributed by atoms with Crippen LogP contribution in [-0.4, -0.2) is 5.16 Å². The molecule has 0 spiro atoms. The van der Waals surface area contributed by atoms with E-state index in [4.69, 9.17) is 10.3 Å². The third-order valence-electron chi connectivity index (χ3n) is 2.35. The second-order valence-corrected chi connectivity index (χ2v) is 3.49. The maximum atomic E-state index is 5.44. The van der Waals surface area contributed by atoms with Crippen molar-refractivity contribution in [1.82, 2.24) is 5.16 Å². The molecule has 0 saturated carbocycles. The lowest BCUT2D eigenvalue weighted by molar-refractivity contribution is 0.404. The topological polar surface area (TPSA) is 52.0 Å². The molecule has 1 heterocycles. The van der Waals surface area contributed by atoms with Crippen LogP contribution in [0.15, 0.2) is 10.6 Å². The number of aromatic nitrogens is 1. The zero-order valence-electron chi connectivity index (χ0n) is 8.42. The molecule has 0 aromatic carbocycles. The number of nitrogens with zero attached hydrogens (tertiary/aromatic N) is 1. The first-order chi connectivity index (χ1) is 6.26. The summed E-state index contributed by atoms with van der Waals surface area (Å²) in [5.41, 5.74) is 6.42. The molecule has 0 aliphatic heterocycles. The molecular formula is C10H18N2O. The lowest BCUT2D eigenvalue weighted by Crippen LogP contribution is -2.02. The monoisotopic (exact) mass is 182 g/mol. The Morgan fingerprint density at radius 3 is 2.77 bits per heavy atom. The van der Waals surface area contributed by atoms with E-state index in [2.05, 4.69) is 19.0 Å². The fraction of sp³-hybridized carbons (Fsp3) is 0.700. The van der Waals surface area contributed by atoms with E-state index in [-0.39, 0.29) is 0 Å². The smallest absolute Gasteiger partial charge is 0.222 e. The highest BCUT2D eigenvalue weighted by Crippen LogP contribution is 2.17. The van der Waals surface area contributed by atoms with Gasteiger partial charge in [-0.15, -0.1) is 0 Å². The average Bonchev–Trinajstić information content (AvgIpc) is 2.50. The molecule has 1 unspecified atom stereocenters. The van der Waals surface area contributed by atoms with Gasteiger partial charge in [0.1, 0.15) is 0 Å². The molecule has 1 aromatic rings. The van der Waals surface area contributed by atoms with Gasteiger partial charge in [0.25, 0.3) is 0 Å². The molecule has 3 heteroatoms. The Kier molecular flexibility index (Phi) is 3.80. The highest BCUT2D eigenvalue weighted by Gasteiger charge is 2.09. The van der Waals surface area contributed by atoms with Crippen molar-refractivity contribution in [3.8, 4) is 0 Å². The second-order valence-electron chi connectivity index (χ2n) is 3.49. The van der Waals surface area contributed by atoms with Gasteiger partial charge in [0.05, 0.1) is 5.69 Å². The van der Waals surface area contributed by atoms with Crippen molar-refractivity contribution in [3.63, 3.8) is 0 Å². The predicted octanol–water partition coefficient (Wildman–Crippen LogP) is 2.63. The molecule has 0 bridgehead atoms. The van der Waals surface area contributed by atoms with Gasteiger partial charge in [-0.2, -0.15) is 0 Å². The zero-order valence-corrected chi connectivity index (χ0v) is 8.42. The number of rotatable bonds is 5. The van der Waals surface area contributed by atoms with Crippen molar-refractivity contribution in [2.75, 3.05) is 5.73 Å². The second kappa shape index (κ2) is 4.90. The van der Waals surface area contributed by atoms with Crippen LogP contribution >= 0.6 is 0 Å². The third kappa shape index (κ3) is 3.09. The quantitative estimate of drug-likeness (QED) is 0.761. The van der Waals surface area contributed by atoms with Gasteiger partial charge in [0.15, 0.2) is 0 Å². The Morgan fingerprint density at radius 2 is 2.31 bits per heavy atom. The van der Waals surface area contributed by atoms with Gasteiger partial charge >= 0.3 is 0 Å². The van der Waals surface area contributed by atoms with Crippen LogP contribution in [0.5, 0.6) is 0 Å². The van der Waals surface area contributed by atoms with E-state index in [0.717, 1.165) is 18.0 Å². The minimum Gasteiger partial charge on any atom is -0.368 e. The maximum Gasteiger partial charge on any atom is 0.222 e. The molecule has 3 nitrogen and oxygen atoms in total. The molecule has 0 aliphatic carbocycles. The summed E-state index contributed by atoms with van der Waals surface area (Å²) in [6.07, 6.45) is 4.67. The van der Waals surface area contributed by atoms with Gasteiger partial charge in [-0.1, -0.05) is 38.3 Å². The third-order valence-corrected chi connectivity index (χ3v) is 2.35. The van der Waals surface area contributed by atoms with Crippen molar-refractivity contribution in [3.05, 3.63) is 11.8 Å². The van der Waals surface area contributed by atoms with Crippen LogP contribution in [0, 0.1) is 5.92 Å². The molecule has 1 aromatic heterocycles. The van der Waals surface area contributed by atoms with Crippen LogP contribution in [0.25, 0.3) is 0 Å². The zero-order chi connectivity index (χ0) is 9.68. The predicted molar refractivity (Wildman–Crippen MR) is 53.3 cm³/mol. The highest BCUT2D eigenvalue weighted by atomic mass is 16.5. The van der Waals surface area contributed by atoms with Crippen molar-refractivity contribution in [2.24, 2.45) is 5.92 Å².